The molecule has 0 fully saturated rings. The third-order valence-corrected chi connectivity index (χ3v) is 6.56. The number of hydrogen-bond donors (Lipinski definition) is 1. The zero-order valence-electron chi connectivity index (χ0n) is 14.7. The molecule has 0 saturated carbocycles. The monoisotopic (exact) mass is 387 g/mol. The summed E-state index contributed by atoms with van der Waals surface area (Å²) in [5.41, 5.74) is 1.68. The number of carbonyl (C=O) groups is 1. The standard InChI is InChI=1S/C19H21N3O2S2/c1-12-17(22-19(24-12)15-8-5-11-25-15)18(23)20-10-4-9-16-21-13-6-2-3-7-14(13)26-16/h5,8,11H,2-4,6-7,9-10H2,1H3,(H,20,23). The second-order valence-corrected chi connectivity index (χ2v) is 8.56. The van der Waals surface area contributed by atoms with Crippen LogP contribution in [0.25, 0.3) is 10.8 Å². The summed E-state index contributed by atoms with van der Waals surface area (Å²) in [7, 11) is 0. The minimum atomic E-state index is -0.174. The fraction of sp³-hybridized carbons (Fsp3) is 0.421. The molecule has 1 aliphatic rings. The lowest BCUT2D eigenvalue weighted by Crippen LogP contribution is -2.25. The number of aryl methyl sites for hydroxylation is 4. The van der Waals surface area contributed by atoms with Crippen LogP contribution < -0.4 is 5.32 Å². The molecule has 3 heterocycles. The van der Waals surface area contributed by atoms with Gasteiger partial charge in [0, 0.05) is 17.8 Å². The smallest absolute Gasteiger partial charge is 0.273 e. The second kappa shape index (κ2) is 7.72. The molecule has 0 atom stereocenters. The van der Waals surface area contributed by atoms with Crippen molar-refractivity contribution in [2.75, 3.05) is 6.54 Å². The Labute approximate surface area is 160 Å². The molecule has 0 aliphatic heterocycles. The highest BCUT2D eigenvalue weighted by Crippen LogP contribution is 2.27. The van der Waals surface area contributed by atoms with Crippen LogP contribution in [0.5, 0.6) is 0 Å². The van der Waals surface area contributed by atoms with Gasteiger partial charge in [0.2, 0.25) is 5.89 Å². The largest absolute Gasteiger partial charge is 0.440 e. The highest BCUT2D eigenvalue weighted by atomic mass is 32.1. The third-order valence-electron chi connectivity index (χ3n) is 4.49. The van der Waals surface area contributed by atoms with E-state index in [2.05, 4.69) is 10.3 Å². The molecule has 3 aromatic heterocycles. The van der Waals surface area contributed by atoms with Gasteiger partial charge in [-0.2, -0.15) is 0 Å². The molecule has 26 heavy (non-hydrogen) atoms. The molecule has 7 heteroatoms. The Kier molecular flexibility index (Phi) is 5.17. The number of thiazole rings is 1. The van der Waals surface area contributed by atoms with Gasteiger partial charge in [0.1, 0.15) is 5.76 Å². The van der Waals surface area contributed by atoms with Crippen molar-refractivity contribution in [3.63, 3.8) is 0 Å². The molecule has 3 aromatic rings. The van der Waals surface area contributed by atoms with Gasteiger partial charge in [-0.25, -0.2) is 9.97 Å². The fourth-order valence-corrected chi connectivity index (χ4v) is 5.00. The lowest BCUT2D eigenvalue weighted by atomic mass is 10.0. The third kappa shape index (κ3) is 3.73. The predicted molar refractivity (Wildman–Crippen MR) is 104 cm³/mol. The maximum atomic E-state index is 12.4. The molecule has 5 nitrogen and oxygen atoms in total. The average molecular weight is 388 g/mol. The highest BCUT2D eigenvalue weighted by molar-refractivity contribution is 7.13. The Morgan fingerprint density at radius 1 is 1.31 bits per heavy atom. The Morgan fingerprint density at radius 2 is 2.19 bits per heavy atom. The summed E-state index contributed by atoms with van der Waals surface area (Å²) in [6, 6.07) is 3.88. The van der Waals surface area contributed by atoms with Gasteiger partial charge >= 0.3 is 0 Å². The van der Waals surface area contributed by atoms with Gasteiger partial charge in [-0.15, -0.1) is 22.7 Å². The van der Waals surface area contributed by atoms with Crippen LogP contribution in [0.1, 0.15) is 51.1 Å². The fourth-order valence-electron chi connectivity index (χ4n) is 3.15. The van der Waals surface area contributed by atoms with Crippen molar-refractivity contribution in [1.29, 1.82) is 0 Å². The van der Waals surface area contributed by atoms with Gasteiger partial charge in [0.25, 0.3) is 5.91 Å². The normalized spacial score (nSPS) is 13.6. The van der Waals surface area contributed by atoms with Gasteiger partial charge < -0.3 is 9.73 Å². The number of nitrogens with one attached hydrogen (secondary N) is 1. The number of nitrogens with zero attached hydrogens (tertiary/aromatic N) is 2. The molecule has 0 spiro atoms. The Balaban J connectivity index is 1.29. The molecule has 136 valence electrons. The van der Waals surface area contributed by atoms with Crippen LogP contribution in [-0.4, -0.2) is 22.4 Å². The van der Waals surface area contributed by atoms with E-state index < -0.39 is 0 Å². The van der Waals surface area contributed by atoms with Crippen molar-refractivity contribution in [3.05, 3.63) is 44.5 Å². The minimum Gasteiger partial charge on any atom is -0.440 e. The Bertz CT molecular complexity index is 873. The first kappa shape index (κ1) is 17.4. The van der Waals surface area contributed by atoms with Crippen LogP contribution >= 0.6 is 22.7 Å². The van der Waals surface area contributed by atoms with E-state index in [-0.39, 0.29) is 5.91 Å². The van der Waals surface area contributed by atoms with E-state index in [1.165, 1.54) is 34.8 Å². The molecule has 0 bridgehead atoms. The zero-order valence-corrected chi connectivity index (χ0v) is 16.3. The van der Waals surface area contributed by atoms with Crippen LogP contribution in [0.3, 0.4) is 0 Å². The maximum Gasteiger partial charge on any atom is 0.273 e. The van der Waals surface area contributed by atoms with Crippen molar-refractivity contribution in [2.45, 2.75) is 45.4 Å². The molecule has 1 amide bonds. The van der Waals surface area contributed by atoms with Gasteiger partial charge in [0.05, 0.1) is 15.6 Å². The van der Waals surface area contributed by atoms with Crippen molar-refractivity contribution >= 4 is 28.6 Å². The summed E-state index contributed by atoms with van der Waals surface area (Å²) in [4.78, 5) is 23.9. The number of oxazole rings is 1. The lowest BCUT2D eigenvalue weighted by Gasteiger charge is -2.06. The first-order chi connectivity index (χ1) is 12.7. The van der Waals surface area contributed by atoms with Gasteiger partial charge in [-0.1, -0.05) is 6.07 Å². The number of amides is 1. The van der Waals surface area contributed by atoms with Crippen LogP contribution in [0.15, 0.2) is 21.9 Å². The van der Waals surface area contributed by atoms with E-state index in [1.807, 2.05) is 28.8 Å². The number of aromatic nitrogens is 2. The number of thiophene rings is 1. The van der Waals surface area contributed by atoms with Crippen LogP contribution in [0.4, 0.5) is 0 Å². The quantitative estimate of drug-likeness (QED) is 0.636. The lowest BCUT2D eigenvalue weighted by molar-refractivity contribution is 0.0947. The summed E-state index contributed by atoms with van der Waals surface area (Å²) in [6.07, 6.45) is 6.65. The number of hydrogen-bond acceptors (Lipinski definition) is 6. The molecule has 0 radical (unpaired) electrons. The van der Waals surface area contributed by atoms with Crippen molar-refractivity contribution < 1.29 is 9.21 Å². The Morgan fingerprint density at radius 3 is 3.00 bits per heavy atom. The minimum absolute atomic E-state index is 0.174. The Hall–Kier alpha value is -1.99. The van der Waals surface area contributed by atoms with Crippen molar-refractivity contribution in [1.82, 2.24) is 15.3 Å². The molecule has 1 N–H and O–H groups in total. The summed E-state index contributed by atoms with van der Waals surface area (Å²) in [5.74, 6) is 0.891. The van der Waals surface area contributed by atoms with Gasteiger partial charge in [-0.05, 0) is 50.5 Å². The SMILES string of the molecule is Cc1oc(-c2cccs2)nc1C(=O)NCCCc1nc2c(s1)CCCC2. The molecule has 1 aliphatic carbocycles. The molecular formula is C19H21N3O2S2. The summed E-state index contributed by atoms with van der Waals surface area (Å²) in [6.45, 7) is 2.39. The molecule has 0 saturated heterocycles. The van der Waals surface area contributed by atoms with E-state index in [1.54, 1.807) is 18.3 Å². The zero-order chi connectivity index (χ0) is 17.9. The van der Waals surface area contributed by atoms with E-state index >= 15 is 0 Å². The number of carbonyl (C=O) groups excluding carboxylic acids is 1. The van der Waals surface area contributed by atoms with E-state index in [0.717, 1.165) is 24.1 Å². The second-order valence-electron chi connectivity index (χ2n) is 6.45. The van der Waals surface area contributed by atoms with Crippen LogP contribution in [0, 0.1) is 6.92 Å². The summed E-state index contributed by atoms with van der Waals surface area (Å²) in [5, 5.41) is 6.11. The maximum absolute atomic E-state index is 12.4. The molecule has 0 aromatic carbocycles. The number of fused-ring (bicyclic) bond motifs is 1. The van der Waals surface area contributed by atoms with Gasteiger partial charge in [-0.3, -0.25) is 4.79 Å². The summed E-state index contributed by atoms with van der Waals surface area (Å²) >= 11 is 3.39. The van der Waals surface area contributed by atoms with E-state index in [4.69, 9.17) is 9.40 Å². The molecule has 4 rings (SSSR count). The van der Waals surface area contributed by atoms with E-state index in [0.29, 0.717) is 23.9 Å². The van der Waals surface area contributed by atoms with Gasteiger partial charge in [0.15, 0.2) is 5.69 Å². The number of rotatable bonds is 6. The molecule has 0 unspecified atom stereocenters. The van der Waals surface area contributed by atoms with Crippen LogP contribution in [0.2, 0.25) is 0 Å². The average Bonchev–Trinajstić information content (AvgIpc) is 3.36. The molecular weight excluding hydrogens is 366 g/mol. The first-order valence-corrected chi connectivity index (χ1v) is 10.7. The van der Waals surface area contributed by atoms with Crippen molar-refractivity contribution in [3.8, 4) is 10.8 Å². The predicted octanol–water partition coefficient (Wildman–Crippen LogP) is 4.41. The van der Waals surface area contributed by atoms with Crippen LogP contribution in [-0.2, 0) is 19.3 Å². The summed E-state index contributed by atoms with van der Waals surface area (Å²) < 4.78 is 5.63. The topological polar surface area (TPSA) is 68.0 Å². The first-order valence-electron chi connectivity index (χ1n) is 8.97. The van der Waals surface area contributed by atoms with E-state index in [9.17, 15) is 4.79 Å². The van der Waals surface area contributed by atoms with Crippen molar-refractivity contribution in [2.24, 2.45) is 0 Å². The highest BCUT2D eigenvalue weighted by Gasteiger charge is 2.18.